The molecule has 0 aliphatic rings. The molecule has 0 atom stereocenters. The van der Waals surface area contributed by atoms with Crippen molar-refractivity contribution in [3.63, 3.8) is 0 Å². The van der Waals surface area contributed by atoms with Crippen LogP contribution in [-0.2, 0) is 6.42 Å². The largest absolute Gasteiger partial charge is 0.485 e. The number of carbonyl (C=O) groups excluding carboxylic acids is 1. The average Bonchev–Trinajstić information content (AvgIpc) is 2.97. The number of hydrogen-bond acceptors (Lipinski definition) is 3. The first-order valence-electron chi connectivity index (χ1n) is 7.00. The maximum Gasteiger partial charge on any atom is 0.235 e. The molecule has 2 aromatic carbocycles. The van der Waals surface area contributed by atoms with E-state index < -0.39 is 0 Å². The summed E-state index contributed by atoms with van der Waals surface area (Å²) in [6, 6.07) is 17.1. The Morgan fingerprint density at radius 1 is 1.10 bits per heavy atom. The van der Waals surface area contributed by atoms with Crippen LogP contribution in [0.15, 0.2) is 59.0 Å². The quantitative estimate of drug-likeness (QED) is 0.656. The number of Topliss-reactive ketones (excluding diaryl/α,β-unsaturated/α-hetero) is 1. The number of fused-ring (bicyclic) bond motifs is 1. The maximum absolute atomic E-state index is 12.2. The zero-order chi connectivity index (χ0) is 14.7. The van der Waals surface area contributed by atoms with Crippen LogP contribution in [0, 0.1) is 0 Å². The normalized spacial score (nSPS) is 10.7. The first-order valence-corrected chi connectivity index (χ1v) is 7.00. The predicted octanol–water partition coefficient (Wildman–Crippen LogP) is 4.26. The minimum atomic E-state index is -0.155. The summed E-state index contributed by atoms with van der Waals surface area (Å²) in [5, 5.41) is 0.926. The molecule has 0 bridgehead atoms. The summed E-state index contributed by atoms with van der Waals surface area (Å²) in [4.78, 5) is 12.2. The lowest BCUT2D eigenvalue weighted by atomic mass is 10.1. The van der Waals surface area contributed by atoms with Crippen LogP contribution in [-0.4, -0.2) is 12.4 Å². The van der Waals surface area contributed by atoms with Crippen LogP contribution >= 0.6 is 0 Å². The van der Waals surface area contributed by atoms with E-state index in [1.54, 1.807) is 6.07 Å². The molecule has 3 heteroatoms. The maximum atomic E-state index is 12.2. The van der Waals surface area contributed by atoms with Crippen molar-refractivity contribution in [2.45, 2.75) is 13.3 Å². The summed E-state index contributed by atoms with van der Waals surface area (Å²) >= 11 is 0. The highest BCUT2D eigenvalue weighted by Crippen LogP contribution is 2.21. The topological polar surface area (TPSA) is 39.4 Å². The third-order valence-electron chi connectivity index (χ3n) is 3.41. The minimum absolute atomic E-state index is 0.0170. The van der Waals surface area contributed by atoms with Gasteiger partial charge in [0.05, 0.1) is 0 Å². The number of rotatable bonds is 5. The molecule has 0 amide bonds. The summed E-state index contributed by atoms with van der Waals surface area (Å²) in [5.41, 5.74) is 1.81. The van der Waals surface area contributed by atoms with Gasteiger partial charge in [-0.2, -0.15) is 0 Å². The second-order valence-corrected chi connectivity index (χ2v) is 4.82. The van der Waals surface area contributed by atoms with E-state index in [-0.39, 0.29) is 12.4 Å². The summed E-state index contributed by atoms with van der Waals surface area (Å²) in [6.45, 7) is 2.04. The first kappa shape index (κ1) is 13.4. The third-order valence-corrected chi connectivity index (χ3v) is 3.41. The molecule has 1 aromatic heterocycles. The molecule has 0 fully saturated rings. The molecule has 1 heterocycles. The predicted molar refractivity (Wildman–Crippen MR) is 81.9 cm³/mol. The Labute approximate surface area is 123 Å². The van der Waals surface area contributed by atoms with Crippen LogP contribution in [0.3, 0.4) is 0 Å². The standard InChI is InChI=1S/C18H16O3/c1-2-13-7-3-5-9-16(13)20-12-15(19)18-11-14-8-4-6-10-17(14)21-18/h3-11H,2,12H2,1H3. The second-order valence-electron chi connectivity index (χ2n) is 4.82. The summed E-state index contributed by atoms with van der Waals surface area (Å²) < 4.78 is 11.2. The first-order chi connectivity index (χ1) is 10.3. The second kappa shape index (κ2) is 5.83. The number of aryl methyl sites for hydroxylation is 1. The van der Waals surface area contributed by atoms with Gasteiger partial charge in [0, 0.05) is 5.39 Å². The van der Waals surface area contributed by atoms with Crippen molar-refractivity contribution in [1.29, 1.82) is 0 Å². The molecule has 0 aliphatic carbocycles. The Morgan fingerprint density at radius 2 is 1.86 bits per heavy atom. The zero-order valence-electron chi connectivity index (χ0n) is 11.8. The van der Waals surface area contributed by atoms with E-state index in [0.29, 0.717) is 5.76 Å². The molecule has 106 valence electrons. The molecule has 0 saturated heterocycles. The van der Waals surface area contributed by atoms with Crippen molar-refractivity contribution in [3.05, 3.63) is 65.9 Å². The Hall–Kier alpha value is -2.55. The fraction of sp³-hybridized carbons (Fsp3) is 0.167. The van der Waals surface area contributed by atoms with Crippen LogP contribution in [0.4, 0.5) is 0 Å². The van der Waals surface area contributed by atoms with Crippen LogP contribution < -0.4 is 4.74 Å². The van der Waals surface area contributed by atoms with Gasteiger partial charge in [-0.25, -0.2) is 0 Å². The smallest absolute Gasteiger partial charge is 0.235 e. The Morgan fingerprint density at radius 3 is 2.67 bits per heavy atom. The molecule has 3 nitrogen and oxygen atoms in total. The van der Waals surface area contributed by atoms with Crippen molar-refractivity contribution in [1.82, 2.24) is 0 Å². The third kappa shape index (κ3) is 2.82. The van der Waals surface area contributed by atoms with Gasteiger partial charge in [0.2, 0.25) is 5.78 Å². The van der Waals surface area contributed by atoms with E-state index in [1.165, 1.54) is 0 Å². The van der Waals surface area contributed by atoms with E-state index in [4.69, 9.17) is 9.15 Å². The lowest BCUT2D eigenvalue weighted by Gasteiger charge is -2.08. The average molecular weight is 280 g/mol. The van der Waals surface area contributed by atoms with Gasteiger partial charge in [0.25, 0.3) is 0 Å². The molecule has 0 spiro atoms. The number of ketones is 1. The highest BCUT2D eigenvalue weighted by molar-refractivity contribution is 5.98. The zero-order valence-corrected chi connectivity index (χ0v) is 11.8. The molecule has 0 aliphatic heterocycles. The molecule has 0 radical (unpaired) electrons. The minimum Gasteiger partial charge on any atom is -0.485 e. The number of hydrogen-bond donors (Lipinski definition) is 0. The number of furan rings is 1. The van der Waals surface area contributed by atoms with Gasteiger partial charge < -0.3 is 9.15 Å². The van der Waals surface area contributed by atoms with Gasteiger partial charge in [-0.3, -0.25) is 4.79 Å². The van der Waals surface area contributed by atoms with Crippen molar-refractivity contribution in [2.24, 2.45) is 0 Å². The molecule has 21 heavy (non-hydrogen) atoms. The number of benzene rings is 2. The highest BCUT2D eigenvalue weighted by Gasteiger charge is 2.13. The molecule has 0 N–H and O–H groups in total. The van der Waals surface area contributed by atoms with E-state index in [2.05, 4.69) is 6.92 Å². The monoisotopic (exact) mass is 280 g/mol. The summed E-state index contributed by atoms with van der Waals surface area (Å²) in [6.07, 6.45) is 0.870. The van der Waals surface area contributed by atoms with Crippen molar-refractivity contribution in [3.8, 4) is 5.75 Å². The molecule has 3 aromatic rings. The van der Waals surface area contributed by atoms with Crippen LogP contribution in [0.5, 0.6) is 5.75 Å². The van der Waals surface area contributed by atoms with Gasteiger partial charge in [-0.05, 0) is 30.2 Å². The number of ether oxygens (including phenoxy) is 1. The van der Waals surface area contributed by atoms with Crippen molar-refractivity contribution >= 4 is 16.8 Å². The summed E-state index contributed by atoms with van der Waals surface area (Å²) in [5.74, 6) is 0.937. The van der Waals surface area contributed by atoms with Crippen LogP contribution in [0.25, 0.3) is 11.0 Å². The van der Waals surface area contributed by atoms with Gasteiger partial charge >= 0.3 is 0 Å². The van der Waals surface area contributed by atoms with Gasteiger partial charge in [0.15, 0.2) is 12.4 Å². The number of para-hydroxylation sites is 2. The van der Waals surface area contributed by atoms with Gasteiger partial charge in [-0.1, -0.05) is 43.3 Å². The van der Waals surface area contributed by atoms with Crippen molar-refractivity contribution in [2.75, 3.05) is 6.61 Å². The molecule has 0 saturated carbocycles. The molecule has 3 rings (SSSR count). The Bertz CT molecular complexity index is 738. The Kier molecular flexibility index (Phi) is 3.73. The van der Waals surface area contributed by atoms with E-state index in [9.17, 15) is 4.79 Å². The Balaban J connectivity index is 1.74. The lowest BCUT2D eigenvalue weighted by Crippen LogP contribution is -2.11. The van der Waals surface area contributed by atoms with Crippen molar-refractivity contribution < 1.29 is 13.9 Å². The fourth-order valence-corrected chi connectivity index (χ4v) is 2.27. The SMILES string of the molecule is CCc1ccccc1OCC(=O)c1cc2ccccc2o1. The van der Waals surface area contributed by atoms with E-state index in [1.807, 2.05) is 48.5 Å². The molecular formula is C18H16O3. The molecular weight excluding hydrogens is 264 g/mol. The van der Waals surface area contributed by atoms with Gasteiger partial charge in [0.1, 0.15) is 11.3 Å². The fourth-order valence-electron chi connectivity index (χ4n) is 2.27. The van der Waals surface area contributed by atoms with E-state index in [0.717, 1.165) is 28.7 Å². The summed E-state index contributed by atoms with van der Waals surface area (Å²) in [7, 11) is 0. The van der Waals surface area contributed by atoms with E-state index >= 15 is 0 Å². The lowest BCUT2D eigenvalue weighted by molar-refractivity contribution is 0.0895. The van der Waals surface area contributed by atoms with Gasteiger partial charge in [-0.15, -0.1) is 0 Å². The highest BCUT2D eigenvalue weighted by atomic mass is 16.5. The van der Waals surface area contributed by atoms with Crippen LogP contribution in [0.2, 0.25) is 0 Å². The molecule has 0 unspecified atom stereocenters. The number of carbonyl (C=O) groups is 1. The van der Waals surface area contributed by atoms with Crippen LogP contribution in [0.1, 0.15) is 23.0 Å².